The van der Waals surface area contributed by atoms with Gasteiger partial charge in [-0.2, -0.15) is 4.31 Å². The minimum absolute atomic E-state index is 0.0147. The molecule has 0 fully saturated rings. The number of benzene rings is 1. The number of halogens is 1. The van der Waals surface area contributed by atoms with E-state index < -0.39 is 27.4 Å². The molecule has 0 saturated heterocycles. The molecule has 0 amide bonds. The quantitative estimate of drug-likeness (QED) is 0.535. The van der Waals surface area contributed by atoms with E-state index in [2.05, 4.69) is 19.9 Å². The van der Waals surface area contributed by atoms with Gasteiger partial charge in [-0.05, 0) is 24.3 Å². The van der Waals surface area contributed by atoms with E-state index >= 15 is 0 Å². The van der Waals surface area contributed by atoms with E-state index in [4.69, 9.17) is 4.74 Å². The van der Waals surface area contributed by atoms with E-state index in [0.29, 0.717) is 0 Å². The van der Waals surface area contributed by atoms with Crippen molar-refractivity contribution in [1.29, 1.82) is 0 Å². The third kappa shape index (κ3) is 4.18. The Morgan fingerprint density at radius 1 is 1.18 bits per heavy atom. The Bertz CT molecular complexity index is 1110. The molecule has 0 saturated carbocycles. The number of aromatic nitrogens is 4. The van der Waals surface area contributed by atoms with E-state index in [9.17, 15) is 22.7 Å². The summed E-state index contributed by atoms with van der Waals surface area (Å²) in [5, 5.41) is 9.65. The number of nitrogens with zero attached hydrogens (tertiary/aromatic N) is 3. The number of ether oxygens (including phenoxy) is 1. The molecule has 0 aliphatic carbocycles. The van der Waals surface area contributed by atoms with Gasteiger partial charge in [-0.1, -0.05) is 6.92 Å². The number of sulfonamides is 1. The summed E-state index contributed by atoms with van der Waals surface area (Å²) in [6.45, 7) is 1.52. The highest BCUT2D eigenvalue weighted by Crippen LogP contribution is 2.24. The van der Waals surface area contributed by atoms with Crippen LogP contribution in [0.1, 0.15) is 12.6 Å². The van der Waals surface area contributed by atoms with Crippen LogP contribution in [0.15, 0.2) is 46.3 Å². The third-order valence-electron chi connectivity index (χ3n) is 3.74. The predicted octanol–water partition coefficient (Wildman–Crippen LogP) is 1.34. The number of aromatic hydroxyl groups is 1. The Morgan fingerprint density at radius 3 is 2.36 bits per heavy atom. The van der Waals surface area contributed by atoms with Crippen LogP contribution in [0.5, 0.6) is 17.6 Å². The van der Waals surface area contributed by atoms with Crippen LogP contribution in [0.25, 0.3) is 0 Å². The van der Waals surface area contributed by atoms with Gasteiger partial charge in [0.05, 0.1) is 29.5 Å². The molecule has 148 valence electrons. The van der Waals surface area contributed by atoms with Crippen LogP contribution in [0.2, 0.25) is 0 Å². The molecule has 1 aromatic carbocycles. The van der Waals surface area contributed by atoms with Crippen LogP contribution in [0.4, 0.5) is 4.39 Å². The predicted molar refractivity (Wildman–Crippen MR) is 94.9 cm³/mol. The zero-order valence-electron chi connectivity index (χ0n) is 14.6. The van der Waals surface area contributed by atoms with Gasteiger partial charge in [0.1, 0.15) is 5.75 Å². The van der Waals surface area contributed by atoms with Gasteiger partial charge in [0.15, 0.2) is 5.82 Å². The number of hydrogen-bond acceptors (Lipinski definition) is 7. The van der Waals surface area contributed by atoms with Gasteiger partial charge in [-0.3, -0.25) is 4.98 Å². The van der Waals surface area contributed by atoms with Crippen LogP contribution >= 0.6 is 0 Å². The molecule has 0 radical (unpaired) electrons. The van der Waals surface area contributed by atoms with Gasteiger partial charge in [-0.15, -0.1) is 0 Å². The van der Waals surface area contributed by atoms with Crippen molar-refractivity contribution in [2.75, 3.05) is 6.54 Å². The Balaban J connectivity index is 1.79. The first kappa shape index (κ1) is 19.5. The summed E-state index contributed by atoms with van der Waals surface area (Å²) in [5.41, 5.74) is -0.575. The van der Waals surface area contributed by atoms with Gasteiger partial charge in [0.2, 0.25) is 15.9 Å². The van der Waals surface area contributed by atoms with Crippen molar-refractivity contribution in [3.8, 4) is 17.6 Å². The molecule has 0 aliphatic rings. The molecular formula is C16H16FN5O5S. The molecule has 3 aromatic rings. The van der Waals surface area contributed by atoms with Crippen molar-refractivity contribution in [3.63, 3.8) is 0 Å². The van der Waals surface area contributed by atoms with Crippen LogP contribution in [0, 0.1) is 5.82 Å². The van der Waals surface area contributed by atoms with Crippen molar-refractivity contribution >= 4 is 10.0 Å². The molecule has 2 heterocycles. The summed E-state index contributed by atoms with van der Waals surface area (Å²) in [6, 6.07) is 5.39. The Hall–Kier alpha value is -3.25. The molecule has 0 atom stereocenters. The summed E-state index contributed by atoms with van der Waals surface area (Å²) >= 11 is 0. The smallest absolute Gasteiger partial charge is 0.326 e. The lowest BCUT2D eigenvalue weighted by Crippen LogP contribution is -2.30. The first-order valence-corrected chi connectivity index (χ1v) is 9.49. The monoisotopic (exact) mass is 409 g/mol. The van der Waals surface area contributed by atoms with Gasteiger partial charge in [-0.25, -0.2) is 27.6 Å². The fraction of sp³-hybridized carbons (Fsp3) is 0.188. The van der Waals surface area contributed by atoms with E-state index in [1.807, 2.05) is 0 Å². The molecule has 12 heteroatoms. The van der Waals surface area contributed by atoms with Crippen LogP contribution < -0.4 is 10.4 Å². The molecule has 0 unspecified atom stereocenters. The largest absolute Gasteiger partial charge is 0.493 e. The number of H-pyrrole nitrogens is 2. The highest BCUT2D eigenvalue weighted by molar-refractivity contribution is 7.89. The van der Waals surface area contributed by atoms with E-state index in [0.717, 1.165) is 16.7 Å². The van der Waals surface area contributed by atoms with Gasteiger partial charge in [0, 0.05) is 6.54 Å². The maximum absolute atomic E-state index is 12.8. The summed E-state index contributed by atoms with van der Waals surface area (Å²) in [6.07, 6.45) is 1.89. The molecule has 0 bridgehead atoms. The van der Waals surface area contributed by atoms with Gasteiger partial charge in [0.25, 0.3) is 0 Å². The average molecular weight is 409 g/mol. The van der Waals surface area contributed by atoms with Crippen molar-refractivity contribution in [1.82, 2.24) is 24.2 Å². The van der Waals surface area contributed by atoms with Crippen LogP contribution in [-0.2, 0) is 16.6 Å². The van der Waals surface area contributed by atoms with Crippen molar-refractivity contribution < 1.29 is 22.7 Å². The normalized spacial score (nSPS) is 11.7. The first-order chi connectivity index (χ1) is 13.3. The second-order valence-electron chi connectivity index (χ2n) is 5.59. The summed E-state index contributed by atoms with van der Waals surface area (Å²) in [4.78, 5) is 23.0. The maximum atomic E-state index is 12.8. The van der Waals surface area contributed by atoms with E-state index in [-0.39, 0.29) is 35.4 Å². The molecule has 10 nitrogen and oxygen atoms in total. The lowest BCUT2D eigenvalue weighted by molar-refractivity contribution is 0.398. The van der Waals surface area contributed by atoms with E-state index in [1.165, 1.54) is 24.3 Å². The number of nitrogens with one attached hydrogen (secondary N) is 2. The Labute approximate surface area is 158 Å². The number of imidazole rings is 1. The van der Waals surface area contributed by atoms with Gasteiger partial charge >= 0.3 is 11.7 Å². The van der Waals surface area contributed by atoms with Crippen molar-refractivity contribution in [2.45, 2.75) is 18.4 Å². The van der Waals surface area contributed by atoms with Gasteiger partial charge < -0.3 is 14.8 Å². The second kappa shape index (κ2) is 7.78. The highest BCUT2D eigenvalue weighted by atomic mass is 32.2. The minimum atomic E-state index is -3.90. The molecule has 3 rings (SSSR count). The van der Waals surface area contributed by atoms with Crippen LogP contribution in [0.3, 0.4) is 0 Å². The topological polar surface area (TPSA) is 141 Å². The molecule has 0 aliphatic heterocycles. The zero-order valence-corrected chi connectivity index (χ0v) is 15.4. The number of rotatable bonds is 7. The highest BCUT2D eigenvalue weighted by Gasteiger charge is 2.25. The fourth-order valence-electron chi connectivity index (χ4n) is 2.36. The third-order valence-corrected chi connectivity index (χ3v) is 5.67. The summed E-state index contributed by atoms with van der Waals surface area (Å²) < 4.78 is 44.9. The van der Waals surface area contributed by atoms with Crippen molar-refractivity contribution in [3.05, 3.63) is 58.7 Å². The fourth-order valence-corrected chi connectivity index (χ4v) is 3.77. The molecule has 0 spiro atoms. The number of hydrogen-bond donors (Lipinski definition) is 3. The first-order valence-electron chi connectivity index (χ1n) is 8.05. The lowest BCUT2D eigenvalue weighted by Gasteiger charge is -2.20. The average Bonchev–Trinajstić information content (AvgIpc) is 2.99. The Kier molecular flexibility index (Phi) is 5.42. The Morgan fingerprint density at radius 2 is 1.82 bits per heavy atom. The SMILES string of the molecule is CCN(Cc1[nH]c(=O)[nH]c1O)S(=O)(=O)c1ccc(Oc2ncc(F)cn2)cc1. The summed E-state index contributed by atoms with van der Waals surface area (Å²) in [7, 11) is -3.90. The standard InChI is InChI=1S/C16H16FN5O5S/c1-2-22(9-13-14(23)21-15(24)20-13)28(25,26)12-5-3-11(4-6-12)27-16-18-7-10(17)8-19-16/h3-8,23H,2,9H2,1H3,(H2,20,21,24). The lowest BCUT2D eigenvalue weighted by atomic mass is 10.3. The van der Waals surface area contributed by atoms with Crippen LogP contribution in [-0.4, -0.2) is 44.3 Å². The molecule has 2 aromatic heterocycles. The summed E-state index contributed by atoms with van der Waals surface area (Å²) in [5.74, 6) is -0.758. The molecule has 3 N–H and O–H groups in total. The molecule has 28 heavy (non-hydrogen) atoms. The number of aromatic amines is 2. The zero-order chi connectivity index (χ0) is 20.3. The van der Waals surface area contributed by atoms with Crippen molar-refractivity contribution in [2.24, 2.45) is 0 Å². The maximum Gasteiger partial charge on any atom is 0.326 e. The minimum Gasteiger partial charge on any atom is -0.493 e. The van der Waals surface area contributed by atoms with E-state index in [1.54, 1.807) is 6.92 Å². The second-order valence-corrected chi connectivity index (χ2v) is 7.53. The molecular weight excluding hydrogens is 393 g/mol.